The minimum Gasteiger partial charge on any atom is -0.310 e. The topological polar surface area (TPSA) is 64.7 Å². The van der Waals surface area contributed by atoms with E-state index in [1.807, 2.05) is 16.9 Å². The van der Waals surface area contributed by atoms with Crippen molar-refractivity contribution in [3.05, 3.63) is 75.4 Å². The molecule has 0 bridgehead atoms. The molecule has 1 atom stereocenters. The molecule has 1 N–H and O–H groups in total. The number of hydrogen-bond acceptors (Lipinski definition) is 5. The molecule has 1 aromatic carbocycles. The number of rotatable bonds is 7. The normalized spacial score (nSPS) is 16.0. The first-order chi connectivity index (χ1) is 15.2. The quantitative estimate of drug-likeness (QED) is 0.477. The first-order valence-corrected chi connectivity index (χ1v) is 11.9. The molecule has 0 saturated carbocycles. The largest absolute Gasteiger partial charge is 0.310 e. The number of aryl methyl sites for hydroxylation is 2. The van der Waals surface area contributed by atoms with Crippen molar-refractivity contribution in [1.29, 1.82) is 0 Å². The van der Waals surface area contributed by atoms with Crippen LogP contribution in [0, 0.1) is 0 Å². The highest BCUT2D eigenvalue weighted by molar-refractivity contribution is 7.18. The Kier molecular flexibility index (Phi) is 5.70. The van der Waals surface area contributed by atoms with Gasteiger partial charge in [-0.3, -0.25) is 9.36 Å². The third-order valence-corrected chi connectivity index (χ3v) is 7.23. The van der Waals surface area contributed by atoms with E-state index in [4.69, 9.17) is 0 Å². The summed E-state index contributed by atoms with van der Waals surface area (Å²) < 4.78 is 3.67. The Labute approximate surface area is 185 Å². The summed E-state index contributed by atoms with van der Waals surface area (Å²) in [4.78, 5) is 19.8. The van der Waals surface area contributed by atoms with E-state index in [1.54, 1.807) is 28.4 Å². The Morgan fingerprint density at radius 3 is 3.06 bits per heavy atom. The summed E-state index contributed by atoms with van der Waals surface area (Å²) in [5.74, 6) is 0. The zero-order valence-electron chi connectivity index (χ0n) is 17.8. The fourth-order valence-corrected chi connectivity index (χ4v) is 5.61. The average molecular weight is 434 g/mol. The summed E-state index contributed by atoms with van der Waals surface area (Å²) in [6, 6.07) is 10.8. The van der Waals surface area contributed by atoms with Gasteiger partial charge in [0.2, 0.25) is 0 Å². The smallest absolute Gasteiger partial charge is 0.262 e. The Balaban J connectivity index is 1.30. The zero-order valence-corrected chi connectivity index (χ0v) is 18.6. The van der Waals surface area contributed by atoms with Gasteiger partial charge in [-0.15, -0.1) is 11.3 Å². The van der Waals surface area contributed by atoms with Crippen LogP contribution < -0.4 is 10.9 Å². The van der Waals surface area contributed by atoms with E-state index in [0.29, 0.717) is 6.04 Å². The molecule has 1 aliphatic rings. The SMILES string of the molecule is CCCCn1cnc2sc3c(c2c1=O)CCC(NCc1cccc(-n2cccn2)c1)C3. The maximum absolute atomic E-state index is 13.0. The Hall–Kier alpha value is -2.77. The number of nitrogens with zero attached hydrogens (tertiary/aromatic N) is 4. The molecule has 0 radical (unpaired) electrons. The fraction of sp³-hybridized carbons (Fsp3) is 0.375. The maximum atomic E-state index is 13.0. The van der Waals surface area contributed by atoms with Gasteiger partial charge in [0, 0.05) is 36.4 Å². The molecule has 3 aromatic heterocycles. The minimum absolute atomic E-state index is 0.137. The van der Waals surface area contributed by atoms with Crippen molar-refractivity contribution in [2.24, 2.45) is 0 Å². The second-order valence-electron chi connectivity index (χ2n) is 8.22. The van der Waals surface area contributed by atoms with E-state index in [1.165, 1.54) is 16.0 Å². The highest BCUT2D eigenvalue weighted by Gasteiger charge is 2.25. The van der Waals surface area contributed by atoms with Gasteiger partial charge in [-0.1, -0.05) is 25.5 Å². The van der Waals surface area contributed by atoms with Gasteiger partial charge in [0.25, 0.3) is 5.56 Å². The van der Waals surface area contributed by atoms with Gasteiger partial charge in [-0.05, 0) is 55.0 Å². The fourth-order valence-electron chi connectivity index (χ4n) is 4.36. The number of hydrogen-bond donors (Lipinski definition) is 1. The Bertz CT molecular complexity index is 1240. The number of benzene rings is 1. The number of unbranched alkanes of at least 4 members (excludes halogenated alkanes) is 1. The van der Waals surface area contributed by atoms with Crippen molar-refractivity contribution in [1.82, 2.24) is 24.6 Å². The van der Waals surface area contributed by atoms with Gasteiger partial charge in [0.1, 0.15) is 4.83 Å². The first-order valence-electron chi connectivity index (χ1n) is 11.0. The lowest BCUT2D eigenvalue weighted by molar-refractivity contribution is 0.462. The molecule has 0 amide bonds. The number of aromatic nitrogens is 4. The Morgan fingerprint density at radius 1 is 1.29 bits per heavy atom. The van der Waals surface area contributed by atoms with Crippen LogP contribution in [0.5, 0.6) is 0 Å². The van der Waals surface area contributed by atoms with Crippen LogP contribution in [-0.2, 0) is 25.9 Å². The van der Waals surface area contributed by atoms with Crippen molar-refractivity contribution in [2.45, 2.75) is 58.2 Å². The van der Waals surface area contributed by atoms with Crippen LogP contribution in [-0.4, -0.2) is 25.4 Å². The van der Waals surface area contributed by atoms with E-state index >= 15 is 0 Å². The summed E-state index contributed by atoms with van der Waals surface area (Å²) in [5.41, 5.74) is 3.70. The lowest BCUT2D eigenvalue weighted by atomic mass is 9.93. The Morgan fingerprint density at radius 2 is 2.23 bits per heavy atom. The van der Waals surface area contributed by atoms with Gasteiger partial charge in [-0.25, -0.2) is 9.67 Å². The van der Waals surface area contributed by atoms with Gasteiger partial charge in [-0.2, -0.15) is 5.10 Å². The van der Waals surface area contributed by atoms with Gasteiger partial charge < -0.3 is 5.32 Å². The van der Waals surface area contributed by atoms with Crippen LogP contribution in [0.25, 0.3) is 15.9 Å². The van der Waals surface area contributed by atoms with Crippen LogP contribution >= 0.6 is 11.3 Å². The summed E-state index contributed by atoms with van der Waals surface area (Å²) in [5, 5.41) is 8.91. The maximum Gasteiger partial charge on any atom is 0.262 e. The monoisotopic (exact) mass is 433 g/mol. The predicted octanol–water partition coefficient (Wildman–Crippen LogP) is 4.09. The van der Waals surface area contributed by atoms with Crippen LogP contribution in [0.3, 0.4) is 0 Å². The summed E-state index contributed by atoms with van der Waals surface area (Å²) in [7, 11) is 0. The van der Waals surface area contributed by atoms with Crippen LogP contribution in [0.2, 0.25) is 0 Å². The third-order valence-electron chi connectivity index (χ3n) is 6.06. The van der Waals surface area contributed by atoms with E-state index in [9.17, 15) is 4.79 Å². The zero-order chi connectivity index (χ0) is 21.2. The van der Waals surface area contributed by atoms with Crippen molar-refractivity contribution >= 4 is 21.6 Å². The van der Waals surface area contributed by atoms with Gasteiger partial charge in [0.05, 0.1) is 17.4 Å². The van der Waals surface area contributed by atoms with Crippen LogP contribution in [0.4, 0.5) is 0 Å². The number of nitrogens with one attached hydrogen (secondary N) is 1. The van der Waals surface area contributed by atoms with Crippen molar-refractivity contribution in [3.63, 3.8) is 0 Å². The van der Waals surface area contributed by atoms with Crippen LogP contribution in [0.15, 0.2) is 53.8 Å². The summed E-state index contributed by atoms with van der Waals surface area (Å²) >= 11 is 1.70. The molecular weight excluding hydrogens is 406 g/mol. The molecule has 3 heterocycles. The molecule has 7 heteroatoms. The van der Waals surface area contributed by atoms with E-state index < -0.39 is 0 Å². The van der Waals surface area contributed by atoms with E-state index in [-0.39, 0.29) is 5.56 Å². The van der Waals surface area contributed by atoms with E-state index in [0.717, 1.165) is 61.1 Å². The highest BCUT2D eigenvalue weighted by Crippen LogP contribution is 2.33. The third kappa shape index (κ3) is 4.07. The molecule has 31 heavy (non-hydrogen) atoms. The molecule has 1 unspecified atom stereocenters. The van der Waals surface area contributed by atoms with Crippen molar-refractivity contribution in [3.8, 4) is 5.69 Å². The molecule has 0 saturated heterocycles. The highest BCUT2D eigenvalue weighted by atomic mass is 32.1. The second kappa shape index (κ2) is 8.77. The lowest BCUT2D eigenvalue weighted by Gasteiger charge is -2.23. The average Bonchev–Trinajstić information content (AvgIpc) is 3.45. The first kappa shape index (κ1) is 20.2. The van der Waals surface area contributed by atoms with Gasteiger partial charge in [0.15, 0.2) is 0 Å². The summed E-state index contributed by atoms with van der Waals surface area (Å²) in [6.07, 6.45) is 10.5. The predicted molar refractivity (Wildman–Crippen MR) is 125 cm³/mol. The molecule has 0 fully saturated rings. The molecule has 160 valence electrons. The van der Waals surface area contributed by atoms with E-state index in [2.05, 4.69) is 46.6 Å². The second-order valence-corrected chi connectivity index (χ2v) is 9.31. The molecule has 4 aromatic rings. The number of fused-ring (bicyclic) bond motifs is 3. The molecule has 0 spiro atoms. The standard InChI is InChI=1S/C24H27N5OS/c1-2-3-11-28-16-26-23-22(24(28)30)20-9-8-18(14-21(20)31-23)25-15-17-6-4-7-19(13-17)29-12-5-10-27-29/h4-7,10,12-13,16,18,25H,2-3,8-9,11,14-15H2,1H3. The lowest BCUT2D eigenvalue weighted by Crippen LogP contribution is -2.33. The molecule has 5 rings (SSSR count). The van der Waals surface area contributed by atoms with Crippen molar-refractivity contribution < 1.29 is 0 Å². The molecule has 1 aliphatic carbocycles. The summed E-state index contributed by atoms with van der Waals surface area (Å²) in [6.45, 7) is 3.72. The van der Waals surface area contributed by atoms with Crippen LogP contribution in [0.1, 0.15) is 42.2 Å². The molecular formula is C24H27N5OS. The molecule has 0 aliphatic heterocycles. The number of thiophene rings is 1. The molecule has 6 nitrogen and oxygen atoms in total. The van der Waals surface area contributed by atoms with Gasteiger partial charge >= 0.3 is 0 Å². The van der Waals surface area contributed by atoms with Crippen molar-refractivity contribution in [2.75, 3.05) is 0 Å². The minimum atomic E-state index is 0.137.